The van der Waals surface area contributed by atoms with Crippen molar-refractivity contribution in [2.24, 2.45) is 5.92 Å². The lowest BCUT2D eigenvalue weighted by Gasteiger charge is -2.45. The van der Waals surface area contributed by atoms with Crippen molar-refractivity contribution in [3.8, 4) is 0 Å². The Morgan fingerprint density at radius 3 is 2.90 bits per heavy atom. The molecular weight excluding hydrogens is 268 g/mol. The van der Waals surface area contributed by atoms with Gasteiger partial charge in [0.15, 0.2) is 0 Å². The fourth-order valence-corrected chi connectivity index (χ4v) is 3.36. The summed E-state index contributed by atoms with van der Waals surface area (Å²) in [4.78, 5) is 13.2. The van der Waals surface area contributed by atoms with Crippen LogP contribution in [-0.4, -0.2) is 42.2 Å². The molecule has 2 N–H and O–H groups in total. The van der Waals surface area contributed by atoms with Gasteiger partial charge in [-0.05, 0) is 38.9 Å². The minimum Gasteiger partial charge on any atom is -0.478 e. The van der Waals surface area contributed by atoms with Crippen molar-refractivity contribution < 1.29 is 14.3 Å². The number of likely N-dealkylation sites (N-methyl/N-ethyl adjacent to an activating group) is 1. The maximum Gasteiger partial charge on any atom is 0.338 e. The molecule has 1 aromatic heterocycles. The highest BCUT2D eigenvalue weighted by Crippen LogP contribution is 2.35. The van der Waals surface area contributed by atoms with E-state index < -0.39 is 5.97 Å². The molecule has 0 spiro atoms. The van der Waals surface area contributed by atoms with E-state index in [1.807, 2.05) is 0 Å². The van der Waals surface area contributed by atoms with E-state index in [0.717, 1.165) is 12.5 Å². The zero-order valence-electron chi connectivity index (χ0n) is 13.2. The van der Waals surface area contributed by atoms with Crippen LogP contribution in [0.2, 0.25) is 0 Å². The van der Waals surface area contributed by atoms with Crippen molar-refractivity contribution in [2.45, 2.75) is 44.7 Å². The van der Waals surface area contributed by atoms with Crippen molar-refractivity contribution in [2.75, 3.05) is 20.6 Å². The maximum atomic E-state index is 10.8. The van der Waals surface area contributed by atoms with Crippen molar-refractivity contribution in [3.63, 3.8) is 0 Å². The van der Waals surface area contributed by atoms with E-state index in [1.54, 1.807) is 6.07 Å². The Morgan fingerprint density at radius 2 is 2.33 bits per heavy atom. The third kappa shape index (κ3) is 3.86. The summed E-state index contributed by atoms with van der Waals surface area (Å²) in [7, 11) is 4.30. The van der Waals surface area contributed by atoms with Crippen LogP contribution in [0, 0.1) is 5.92 Å². The summed E-state index contributed by atoms with van der Waals surface area (Å²) >= 11 is 0. The summed E-state index contributed by atoms with van der Waals surface area (Å²) in [5.41, 5.74) is 0.403. The SMILES string of the molecule is CC1CCCC(CNCc2cc(C(=O)O)co2)(N(C)C)C1. The molecular formula is C16H26N2O3. The van der Waals surface area contributed by atoms with E-state index in [-0.39, 0.29) is 11.1 Å². The van der Waals surface area contributed by atoms with E-state index in [9.17, 15) is 4.79 Å². The Morgan fingerprint density at radius 1 is 1.57 bits per heavy atom. The first-order valence-corrected chi connectivity index (χ1v) is 7.62. The van der Waals surface area contributed by atoms with E-state index in [1.165, 1.54) is 31.9 Å². The summed E-state index contributed by atoms with van der Waals surface area (Å²) in [5, 5.41) is 12.3. The summed E-state index contributed by atoms with van der Waals surface area (Å²) < 4.78 is 5.27. The molecule has 2 atom stereocenters. The molecule has 0 aromatic carbocycles. The van der Waals surface area contributed by atoms with Crippen LogP contribution in [0.25, 0.3) is 0 Å². The second-order valence-electron chi connectivity index (χ2n) is 6.53. The molecule has 118 valence electrons. The van der Waals surface area contributed by atoms with Crippen LogP contribution in [0.1, 0.15) is 48.7 Å². The number of rotatable bonds is 6. The van der Waals surface area contributed by atoms with Crippen molar-refractivity contribution in [1.29, 1.82) is 0 Å². The number of furan rings is 1. The zero-order valence-corrected chi connectivity index (χ0v) is 13.2. The first kappa shape index (κ1) is 16.0. The smallest absolute Gasteiger partial charge is 0.338 e. The molecule has 0 amide bonds. The molecule has 5 heteroatoms. The Kier molecular flexibility index (Phi) is 5.06. The number of carbonyl (C=O) groups is 1. The second kappa shape index (κ2) is 6.62. The summed E-state index contributed by atoms with van der Waals surface area (Å²) in [6.45, 7) is 3.79. The fourth-order valence-electron chi connectivity index (χ4n) is 3.36. The van der Waals surface area contributed by atoms with Crippen LogP contribution < -0.4 is 5.32 Å². The highest BCUT2D eigenvalue weighted by Gasteiger charge is 2.36. The number of nitrogens with zero attached hydrogens (tertiary/aromatic N) is 1. The Balaban J connectivity index is 1.91. The van der Waals surface area contributed by atoms with Crippen LogP contribution in [-0.2, 0) is 6.54 Å². The normalized spacial score (nSPS) is 26.2. The molecule has 0 saturated heterocycles. The number of hydrogen-bond acceptors (Lipinski definition) is 4. The first-order chi connectivity index (χ1) is 9.93. The minimum absolute atomic E-state index is 0.194. The van der Waals surface area contributed by atoms with Crippen molar-refractivity contribution >= 4 is 5.97 Å². The van der Waals surface area contributed by atoms with E-state index in [2.05, 4.69) is 31.2 Å². The molecule has 1 aliphatic rings. The molecule has 0 aliphatic heterocycles. The summed E-state index contributed by atoms with van der Waals surface area (Å²) in [6.07, 6.45) is 6.28. The molecule has 2 rings (SSSR count). The topological polar surface area (TPSA) is 65.7 Å². The fraction of sp³-hybridized carbons (Fsp3) is 0.688. The number of nitrogens with one attached hydrogen (secondary N) is 1. The van der Waals surface area contributed by atoms with E-state index in [4.69, 9.17) is 9.52 Å². The van der Waals surface area contributed by atoms with Gasteiger partial charge in [-0.1, -0.05) is 19.8 Å². The maximum absolute atomic E-state index is 10.8. The molecule has 0 bridgehead atoms. The van der Waals surface area contributed by atoms with Crippen LogP contribution in [0.3, 0.4) is 0 Å². The van der Waals surface area contributed by atoms with Gasteiger partial charge in [-0.15, -0.1) is 0 Å². The standard InChI is InChI=1S/C16H26N2O3/c1-12-5-4-6-16(8-12,18(2)3)11-17-9-14-7-13(10-21-14)15(19)20/h7,10,12,17H,4-6,8-9,11H2,1-3H3,(H,19,20). The van der Waals surface area contributed by atoms with Gasteiger partial charge in [0.2, 0.25) is 0 Å². The van der Waals surface area contributed by atoms with Gasteiger partial charge in [0.05, 0.1) is 12.1 Å². The number of carboxylic acids is 1. The van der Waals surface area contributed by atoms with Gasteiger partial charge in [-0.25, -0.2) is 4.79 Å². The molecule has 2 unspecified atom stereocenters. The molecule has 1 fully saturated rings. The summed E-state index contributed by atoms with van der Waals surface area (Å²) in [5.74, 6) is 0.478. The quantitative estimate of drug-likeness (QED) is 0.844. The number of aromatic carboxylic acids is 1. The monoisotopic (exact) mass is 294 g/mol. The lowest BCUT2D eigenvalue weighted by molar-refractivity contribution is 0.0696. The minimum atomic E-state index is -0.948. The Labute approximate surface area is 126 Å². The van der Waals surface area contributed by atoms with Gasteiger partial charge in [-0.3, -0.25) is 0 Å². The van der Waals surface area contributed by atoms with Crippen LogP contribution in [0.4, 0.5) is 0 Å². The molecule has 0 radical (unpaired) electrons. The molecule has 1 saturated carbocycles. The van der Waals surface area contributed by atoms with Crippen molar-refractivity contribution in [1.82, 2.24) is 10.2 Å². The third-order valence-corrected chi connectivity index (χ3v) is 4.67. The second-order valence-corrected chi connectivity index (χ2v) is 6.53. The van der Waals surface area contributed by atoms with Gasteiger partial charge in [0.25, 0.3) is 0 Å². The third-order valence-electron chi connectivity index (χ3n) is 4.67. The molecule has 21 heavy (non-hydrogen) atoms. The Hall–Kier alpha value is -1.33. The predicted molar refractivity (Wildman–Crippen MR) is 81.4 cm³/mol. The van der Waals surface area contributed by atoms with E-state index >= 15 is 0 Å². The van der Waals surface area contributed by atoms with Crippen LogP contribution in [0.15, 0.2) is 16.7 Å². The molecule has 1 aliphatic carbocycles. The molecule has 5 nitrogen and oxygen atoms in total. The molecule has 1 heterocycles. The predicted octanol–water partition coefficient (Wildman–Crippen LogP) is 2.58. The van der Waals surface area contributed by atoms with Gasteiger partial charge in [0.1, 0.15) is 12.0 Å². The highest BCUT2D eigenvalue weighted by atomic mass is 16.4. The average molecular weight is 294 g/mol. The lowest BCUT2D eigenvalue weighted by Crippen LogP contribution is -2.54. The molecule has 1 aromatic rings. The van der Waals surface area contributed by atoms with Crippen LogP contribution in [0.5, 0.6) is 0 Å². The summed E-state index contributed by atoms with van der Waals surface area (Å²) in [6, 6.07) is 1.58. The van der Waals surface area contributed by atoms with Gasteiger partial charge < -0.3 is 19.7 Å². The lowest BCUT2D eigenvalue weighted by atomic mass is 9.75. The van der Waals surface area contributed by atoms with Gasteiger partial charge >= 0.3 is 5.97 Å². The van der Waals surface area contributed by atoms with Gasteiger partial charge in [-0.2, -0.15) is 0 Å². The van der Waals surface area contributed by atoms with Gasteiger partial charge in [0, 0.05) is 12.1 Å². The van der Waals surface area contributed by atoms with Crippen molar-refractivity contribution in [3.05, 3.63) is 23.7 Å². The number of carboxylic acid groups (broad SMARTS) is 1. The van der Waals surface area contributed by atoms with E-state index in [0.29, 0.717) is 12.3 Å². The highest BCUT2D eigenvalue weighted by molar-refractivity contribution is 5.87. The average Bonchev–Trinajstić information content (AvgIpc) is 2.87. The first-order valence-electron chi connectivity index (χ1n) is 7.62. The van der Waals surface area contributed by atoms with Crippen LogP contribution >= 0.6 is 0 Å². The number of hydrogen-bond donors (Lipinski definition) is 2. The zero-order chi connectivity index (χ0) is 15.5. The Bertz CT molecular complexity index is 484. The largest absolute Gasteiger partial charge is 0.478 e.